The molecular formula is C14H21NO2S. The van der Waals surface area contributed by atoms with Crippen LogP contribution in [0.15, 0.2) is 24.3 Å². The smallest absolute Gasteiger partial charge is 0.119 e. The van der Waals surface area contributed by atoms with Crippen LogP contribution >= 0.6 is 12.2 Å². The molecule has 0 atom stereocenters. The lowest BCUT2D eigenvalue weighted by Crippen LogP contribution is -2.25. The van der Waals surface area contributed by atoms with E-state index in [1.807, 2.05) is 24.3 Å². The van der Waals surface area contributed by atoms with Gasteiger partial charge >= 0.3 is 0 Å². The van der Waals surface area contributed by atoms with Crippen molar-refractivity contribution < 1.29 is 9.47 Å². The normalized spacial score (nSPS) is 10.1. The largest absolute Gasteiger partial charge is 0.494 e. The second-order valence-corrected chi connectivity index (χ2v) is 4.38. The van der Waals surface area contributed by atoms with Gasteiger partial charge in [0, 0.05) is 19.2 Å². The molecule has 0 unspecified atom stereocenters. The van der Waals surface area contributed by atoms with Gasteiger partial charge < -0.3 is 14.8 Å². The van der Waals surface area contributed by atoms with Crippen LogP contribution in [-0.4, -0.2) is 31.9 Å². The van der Waals surface area contributed by atoms with Crippen LogP contribution in [0.5, 0.6) is 5.75 Å². The van der Waals surface area contributed by atoms with E-state index in [9.17, 15) is 0 Å². The van der Waals surface area contributed by atoms with Gasteiger partial charge in [-0.2, -0.15) is 0 Å². The standard InChI is InChI=1S/C14H21NO2S/c1-3-4-10-17-13-7-5-12(6-8-13)14(18)15-9-11-16-2/h5-8H,3-4,9-11H2,1-2H3,(H,15,18). The average molecular weight is 267 g/mol. The van der Waals surface area contributed by atoms with E-state index < -0.39 is 0 Å². The molecule has 0 heterocycles. The Morgan fingerprint density at radius 3 is 2.56 bits per heavy atom. The van der Waals surface area contributed by atoms with Gasteiger partial charge in [-0.15, -0.1) is 0 Å². The first-order valence-corrected chi connectivity index (χ1v) is 6.68. The van der Waals surface area contributed by atoms with Crippen molar-refractivity contribution in [2.75, 3.05) is 26.9 Å². The zero-order valence-electron chi connectivity index (χ0n) is 11.1. The summed E-state index contributed by atoms with van der Waals surface area (Å²) in [7, 11) is 1.67. The molecule has 0 fully saturated rings. The molecular weight excluding hydrogens is 246 g/mol. The Kier molecular flexibility index (Phi) is 7.37. The maximum Gasteiger partial charge on any atom is 0.119 e. The first-order chi connectivity index (χ1) is 8.77. The number of ether oxygens (including phenoxy) is 2. The summed E-state index contributed by atoms with van der Waals surface area (Å²) < 4.78 is 10.6. The first-order valence-electron chi connectivity index (χ1n) is 6.28. The number of nitrogens with one attached hydrogen (secondary N) is 1. The molecule has 0 saturated carbocycles. The van der Waals surface area contributed by atoms with Gasteiger partial charge in [0.05, 0.1) is 13.2 Å². The molecule has 1 rings (SSSR count). The van der Waals surface area contributed by atoms with Crippen molar-refractivity contribution >= 4 is 17.2 Å². The highest BCUT2D eigenvalue weighted by atomic mass is 32.1. The Morgan fingerprint density at radius 2 is 1.94 bits per heavy atom. The lowest BCUT2D eigenvalue weighted by atomic mass is 10.2. The molecule has 100 valence electrons. The highest BCUT2D eigenvalue weighted by Crippen LogP contribution is 2.13. The Morgan fingerprint density at radius 1 is 1.22 bits per heavy atom. The van der Waals surface area contributed by atoms with Gasteiger partial charge in [-0.3, -0.25) is 0 Å². The van der Waals surface area contributed by atoms with Crippen molar-refractivity contribution in [1.82, 2.24) is 5.32 Å². The summed E-state index contributed by atoms with van der Waals surface area (Å²) in [4.78, 5) is 0.743. The van der Waals surface area contributed by atoms with Gasteiger partial charge in [0.2, 0.25) is 0 Å². The molecule has 0 aliphatic rings. The summed E-state index contributed by atoms with van der Waals surface area (Å²) in [6.07, 6.45) is 2.23. The molecule has 4 heteroatoms. The predicted molar refractivity (Wildman–Crippen MR) is 78.4 cm³/mol. The van der Waals surface area contributed by atoms with E-state index in [2.05, 4.69) is 12.2 Å². The van der Waals surface area contributed by atoms with Crippen molar-refractivity contribution in [3.05, 3.63) is 29.8 Å². The van der Waals surface area contributed by atoms with E-state index in [0.717, 1.165) is 42.3 Å². The van der Waals surface area contributed by atoms with Crippen LogP contribution in [0, 0.1) is 0 Å². The molecule has 0 amide bonds. The van der Waals surface area contributed by atoms with Crippen LogP contribution in [0.1, 0.15) is 25.3 Å². The van der Waals surface area contributed by atoms with E-state index in [0.29, 0.717) is 6.61 Å². The first kappa shape index (κ1) is 14.9. The van der Waals surface area contributed by atoms with Gasteiger partial charge in [0.25, 0.3) is 0 Å². The molecule has 1 aromatic rings. The summed E-state index contributed by atoms with van der Waals surface area (Å²) >= 11 is 5.28. The van der Waals surface area contributed by atoms with Crippen molar-refractivity contribution in [2.24, 2.45) is 0 Å². The Balaban J connectivity index is 2.41. The number of benzene rings is 1. The zero-order chi connectivity index (χ0) is 13.2. The molecule has 0 aliphatic heterocycles. The quantitative estimate of drug-likeness (QED) is 0.579. The number of hydrogen-bond acceptors (Lipinski definition) is 3. The molecule has 18 heavy (non-hydrogen) atoms. The summed E-state index contributed by atoms with van der Waals surface area (Å²) in [5.74, 6) is 0.895. The monoisotopic (exact) mass is 267 g/mol. The summed E-state index contributed by atoms with van der Waals surface area (Å²) in [6, 6.07) is 7.86. The van der Waals surface area contributed by atoms with Gasteiger partial charge in [0.15, 0.2) is 0 Å². The van der Waals surface area contributed by atoms with Gasteiger partial charge in [-0.1, -0.05) is 25.6 Å². The Hall–Kier alpha value is -1.13. The molecule has 0 radical (unpaired) electrons. The molecule has 0 aromatic heterocycles. The van der Waals surface area contributed by atoms with E-state index in [1.54, 1.807) is 7.11 Å². The minimum atomic E-state index is 0.651. The van der Waals surface area contributed by atoms with E-state index in [4.69, 9.17) is 21.7 Å². The minimum Gasteiger partial charge on any atom is -0.494 e. The van der Waals surface area contributed by atoms with Gasteiger partial charge in [-0.25, -0.2) is 0 Å². The minimum absolute atomic E-state index is 0.651. The van der Waals surface area contributed by atoms with Gasteiger partial charge in [0.1, 0.15) is 10.7 Å². The van der Waals surface area contributed by atoms with Crippen LogP contribution in [0.2, 0.25) is 0 Å². The predicted octanol–water partition coefficient (Wildman–Crippen LogP) is 2.78. The number of thiocarbonyl (C=S) groups is 1. The van der Waals surface area contributed by atoms with Crippen LogP contribution in [0.3, 0.4) is 0 Å². The fourth-order valence-corrected chi connectivity index (χ4v) is 1.64. The molecule has 1 aromatic carbocycles. The van der Waals surface area contributed by atoms with Crippen LogP contribution in [0.4, 0.5) is 0 Å². The number of hydrogen-bond donors (Lipinski definition) is 1. The SMILES string of the molecule is CCCCOc1ccc(C(=S)NCCOC)cc1. The van der Waals surface area contributed by atoms with Crippen molar-refractivity contribution in [1.29, 1.82) is 0 Å². The third kappa shape index (κ3) is 5.47. The molecule has 3 nitrogen and oxygen atoms in total. The molecule has 0 spiro atoms. The molecule has 1 N–H and O–H groups in total. The highest BCUT2D eigenvalue weighted by molar-refractivity contribution is 7.80. The third-order valence-electron chi connectivity index (χ3n) is 2.47. The Labute approximate surface area is 114 Å². The zero-order valence-corrected chi connectivity index (χ0v) is 11.9. The second kappa shape index (κ2) is 8.89. The average Bonchev–Trinajstić information content (AvgIpc) is 2.40. The summed E-state index contributed by atoms with van der Waals surface area (Å²) in [5, 5.41) is 3.14. The maximum absolute atomic E-state index is 5.60. The van der Waals surface area contributed by atoms with Crippen LogP contribution in [-0.2, 0) is 4.74 Å². The highest BCUT2D eigenvalue weighted by Gasteiger charge is 2.00. The Bertz CT molecular complexity index is 351. The van der Waals surface area contributed by atoms with Crippen LogP contribution < -0.4 is 10.1 Å². The summed E-state index contributed by atoms with van der Waals surface area (Å²) in [5.41, 5.74) is 1.00. The van der Waals surface area contributed by atoms with Crippen molar-refractivity contribution in [3.63, 3.8) is 0 Å². The lowest BCUT2D eigenvalue weighted by molar-refractivity contribution is 0.204. The third-order valence-corrected chi connectivity index (χ3v) is 2.85. The number of unbranched alkanes of at least 4 members (excludes halogenated alkanes) is 1. The van der Waals surface area contributed by atoms with Gasteiger partial charge in [-0.05, 0) is 30.7 Å². The maximum atomic E-state index is 5.60. The fourth-order valence-electron chi connectivity index (χ4n) is 1.41. The molecule has 0 bridgehead atoms. The molecule has 0 saturated heterocycles. The molecule has 0 aliphatic carbocycles. The van der Waals surface area contributed by atoms with Crippen LogP contribution in [0.25, 0.3) is 0 Å². The fraction of sp³-hybridized carbons (Fsp3) is 0.500. The van der Waals surface area contributed by atoms with E-state index >= 15 is 0 Å². The van der Waals surface area contributed by atoms with Crippen molar-refractivity contribution in [2.45, 2.75) is 19.8 Å². The topological polar surface area (TPSA) is 30.5 Å². The van der Waals surface area contributed by atoms with E-state index in [-0.39, 0.29) is 0 Å². The number of methoxy groups -OCH3 is 1. The lowest BCUT2D eigenvalue weighted by Gasteiger charge is -2.09. The second-order valence-electron chi connectivity index (χ2n) is 3.98. The summed E-state index contributed by atoms with van der Waals surface area (Å²) in [6.45, 7) is 4.30. The van der Waals surface area contributed by atoms with Crippen molar-refractivity contribution in [3.8, 4) is 5.75 Å². The van der Waals surface area contributed by atoms with E-state index in [1.165, 1.54) is 0 Å². The number of rotatable bonds is 8.